The number of hydrogen-bond donors (Lipinski definition) is 2. The molecule has 2 aromatic rings. The highest BCUT2D eigenvalue weighted by Crippen LogP contribution is 2.10. The zero-order valence-corrected chi connectivity index (χ0v) is 14.5. The zero-order valence-electron chi connectivity index (χ0n) is 13.7. The Labute approximate surface area is 141 Å². The Morgan fingerprint density at radius 2 is 2.00 bits per heavy atom. The molecule has 5 nitrogen and oxygen atoms in total. The summed E-state index contributed by atoms with van der Waals surface area (Å²) in [4.78, 5) is 9.80. The van der Waals surface area contributed by atoms with Gasteiger partial charge < -0.3 is 15.4 Å². The molecule has 0 spiro atoms. The lowest BCUT2D eigenvalue weighted by Gasteiger charge is -2.11. The fraction of sp³-hybridized carbons (Fsp3) is 0.412. The molecule has 0 aliphatic rings. The number of aryl methyl sites for hydroxylation is 1. The molecule has 0 fully saturated rings. The van der Waals surface area contributed by atoms with Gasteiger partial charge in [-0.1, -0.05) is 30.3 Å². The van der Waals surface area contributed by atoms with Crippen LogP contribution in [0.2, 0.25) is 0 Å². The molecule has 6 heteroatoms. The fourth-order valence-corrected chi connectivity index (χ4v) is 2.82. The summed E-state index contributed by atoms with van der Waals surface area (Å²) in [5.74, 6) is 0.793. The van der Waals surface area contributed by atoms with Crippen molar-refractivity contribution in [1.82, 2.24) is 15.6 Å². The molecule has 0 aliphatic carbocycles. The maximum Gasteiger partial charge on any atom is 0.191 e. The van der Waals surface area contributed by atoms with Crippen LogP contribution in [-0.4, -0.2) is 37.7 Å². The van der Waals surface area contributed by atoms with Crippen molar-refractivity contribution in [1.29, 1.82) is 0 Å². The third kappa shape index (κ3) is 6.80. The average molecular weight is 332 g/mol. The number of benzene rings is 1. The van der Waals surface area contributed by atoms with Gasteiger partial charge in [0, 0.05) is 37.6 Å². The van der Waals surface area contributed by atoms with Crippen LogP contribution >= 0.6 is 11.3 Å². The van der Waals surface area contributed by atoms with Crippen molar-refractivity contribution < 1.29 is 4.74 Å². The highest BCUT2D eigenvalue weighted by molar-refractivity contribution is 7.11. The lowest BCUT2D eigenvalue weighted by atomic mass is 10.2. The Bertz CT molecular complexity index is 598. The molecule has 124 valence electrons. The summed E-state index contributed by atoms with van der Waals surface area (Å²) in [5, 5.41) is 7.68. The van der Waals surface area contributed by atoms with Crippen molar-refractivity contribution in [2.24, 2.45) is 4.99 Å². The molecular formula is C17H24N4OS. The topological polar surface area (TPSA) is 58.5 Å². The lowest BCUT2D eigenvalue weighted by molar-refractivity contribution is 0.125. The fourth-order valence-electron chi connectivity index (χ4n) is 2.03. The quantitative estimate of drug-likeness (QED) is 0.443. The van der Waals surface area contributed by atoms with Gasteiger partial charge in [0.05, 0.1) is 18.2 Å². The van der Waals surface area contributed by atoms with E-state index in [9.17, 15) is 0 Å². The number of aromatic nitrogens is 1. The second-order valence-corrected chi connectivity index (χ2v) is 6.40. The van der Waals surface area contributed by atoms with Crippen LogP contribution in [0.3, 0.4) is 0 Å². The minimum absolute atomic E-state index is 0.637. The summed E-state index contributed by atoms with van der Waals surface area (Å²) in [6.45, 7) is 4.89. The summed E-state index contributed by atoms with van der Waals surface area (Å²) in [5.41, 5.74) is 1.19. The minimum atomic E-state index is 0.637. The molecule has 2 rings (SSSR count). The van der Waals surface area contributed by atoms with Gasteiger partial charge in [0.2, 0.25) is 0 Å². The van der Waals surface area contributed by atoms with Gasteiger partial charge in [0.1, 0.15) is 0 Å². The predicted molar refractivity (Wildman–Crippen MR) is 96.0 cm³/mol. The normalized spacial score (nSPS) is 11.5. The van der Waals surface area contributed by atoms with Crippen LogP contribution in [0.25, 0.3) is 0 Å². The second-order valence-electron chi connectivity index (χ2n) is 5.08. The molecule has 0 unspecified atom stereocenters. The van der Waals surface area contributed by atoms with Crippen molar-refractivity contribution in [2.45, 2.75) is 20.0 Å². The second kappa shape index (κ2) is 9.97. The first-order valence-corrected chi connectivity index (χ1v) is 8.57. The highest BCUT2D eigenvalue weighted by atomic mass is 32.1. The monoisotopic (exact) mass is 332 g/mol. The number of thiazole rings is 1. The maximum absolute atomic E-state index is 5.64. The Hall–Kier alpha value is -1.92. The maximum atomic E-state index is 5.64. The number of guanidine groups is 1. The molecule has 0 bridgehead atoms. The third-order valence-corrected chi connectivity index (χ3v) is 4.15. The van der Waals surface area contributed by atoms with E-state index in [2.05, 4.69) is 39.7 Å². The summed E-state index contributed by atoms with van der Waals surface area (Å²) >= 11 is 1.74. The molecule has 23 heavy (non-hydrogen) atoms. The lowest BCUT2D eigenvalue weighted by Crippen LogP contribution is -2.39. The van der Waals surface area contributed by atoms with E-state index < -0.39 is 0 Å². The number of ether oxygens (including phenoxy) is 1. The molecule has 0 saturated carbocycles. The van der Waals surface area contributed by atoms with Gasteiger partial charge in [0.25, 0.3) is 0 Å². The molecule has 0 atom stereocenters. The van der Waals surface area contributed by atoms with Crippen LogP contribution in [0.4, 0.5) is 0 Å². The van der Waals surface area contributed by atoms with E-state index >= 15 is 0 Å². The first-order valence-electron chi connectivity index (χ1n) is 7.75. The van der Waals surface area contributed by atoms with E-state index in [0.29, 0.717) is 13.2 Å². The summed E-state index contributed by atoms with van der Waals surface area (Å²) < 4.78 is 5.64. The van der Waals surface area contributed by atoms with Crippen molar-refractivity contribution >= 4 is 17.3 Å². The van der Waals surface area contributed by atoms with E-state index in [0.717, 1.165) is 30.5 Å². The van der Waals surface area contributed by atoms with E-state index in [1.807, 2.05) is 24.4 Å². The minimum Gasteiger partial charge on any atom is -0.375 e. The summed E-state index contributed by atoms with van der Waals surface area (Å²) in [6, 6.07) is 10.2. The van der Waals surface area contributed by atoms with Gasteiger partial charge in [-0.2, -0.15) is 0 Å². The summed E-state index contributed by atoms with van der Waals surface area (Å²) in [6.07, 6.45) is 2.82. The average Bonchev–Trinajstić information content (AvgIpc) is 2.99. The van der Waals surface area contributed by atoms with Crippen molar-refractivity contribution in [3.63, 3.8) is 0 Å². The van der Waals surface area contributed by atoms with E-state index in [-0.39, 0.29) is 0 Å². The molecule has 0 amide bonds. The smallest absolute Gasteiger partial charge is 0.191 e. The van der Waals surface area contributed by atoms with Crippen molar-refractivity contribution in [2.75, 3.05) is 26.7 Å². The first-order chi connectivity index (χ1) is 11.3. The van der Waals surface area contributed by atoms with E-state index in [1.165, 1.54) is 10.4 Å². The number of hydrogen-bond acceptors (Lipinski definition) is 4. The third-order valence-electron chi connectivity index (χ3n) is 3.17. The molecule has 1 aromatic carbocycles. The zero-order chi connectivity index (χ0) is 16.3. The van der Waals surface area contributed by atoms with Crippen molar-refractivity contribution in [3.05, 3.63) is 52.0 Å². The van der Waals surface area contributed by atoms with Crippen LogP contribution < -0.4 is 10.6 Å². The standard InChI is InChI=1S/C17H24N4OS/c1-14-12-21-16(23-14)8-9-19-17(18-2)20-10-11-22-13-15-6-4-3-5-7-15/h3-7,12H,8-11,13H2,1-2H3,(H2,18,19,20). The van der Waals surface area contributed by atoms with Gasteiger partial charge in [-0.15, -0.1) is 11.3 Å². The predicted octanol–water partition coefficient (Wildman–Crippen LogP) is 2.38. The van der Waals surface area contributed by atoms with E-state index in [4.69, 9.17) is 4.74 Å². The van der Waals surface area contributed by atoms with E-state index in [1.54, 1.807) is 18.4 Å². The number of nitrogens with one attached hydrogen (secondary N) is 2. The highest BCUT2D eigenvalue weighted by Gasteiger charge is 2.00. The molecular weight excluding hydrogens is 308 g/mol. The first kappa shape index (κ1) is 17.4. The number of nitrogens with zero attached hydrogens (tertiary/aromatic N) is 2. The van der Waals surface area contributed by atoms with Crippen molar-refractivity contribution in [3.8, 4) is 0 Å². The Morgan fingerprint density at radius 1 is 1.22 bits per heavy atom. The molecule has 0 radical (unpaired) electrons. The van der Waals surface area contributed by atoms with Crippen LogP contribution in [0.1, 0.15) is 15.4 Å². The Balaban J connectivity index is 1.56. The number of rotatable bonds is 8. The van der Waals surface area contributed by atoms with Gasteiger partial charge in [-0.05, 0) is 12.5 Å². The van der Waals surface area contributed by atoms with Gasteiger partial charge in [-0.3, -0.25) is 4.99 Å². The SMILES string of the molecule is CN=C(NCCOCc1ccccc1)NCCc1ncc(C)s1. The van der Waals surface area contributed by atoms with Gasteiger partial charge in [-0.25, -0.2) is 4.98 Å². The van der Waals surface area contributed by atoms with Gasteiger partial charge in [0.15, 0.2) is 5.96 Å². The molecule has 2 N–H and O–H groups in total. The summed E-state index contributed by atoms with van der Waals surface area (Å²) in [7, 11) is 1.77. The molecule has 1 aromatic heterocycles. The number of aliphatic imine (C=N–C) groups is 1. The Kier molecular flexibility index (Phi) is 7.56. The van der Waals surface area contributed by atoms with Crippen LogP contribution in [-0.2, 0) is 17.8 Å². The van der Waals surface area contributed by atoms with Crippen LogP contribution in [0.15, 0.2) is 41.5 Å². The Morgan fingerprint density at radius 3 is 2.70 bits per heavy atom. The van der Waals surface area contributed by atoms with Crippen LogP contribution in [0, 0.1) is 6.92 Å². The van der Waals surface area contributed by atoms with Gasteiger partial charge >= 0.3 is 0 Å². The molecule has 1 heterocycles. The van der Waals surface area contributed by atoms with Crippen LogP contribution in [0.5, 0.6) is 0 Å². The molecule has 0 aliphatic heterocycles. The largest absolute Gasteiger partial charge is 0.375 e. The molecule has 0 saturated heterocycles.